The minimum absolute atomic E-state index is 0.0135. The first kappa shape index (κ1) is 15.7. The minimum atomic E-state index is -3.60. The molecular weight excluding hydrogens is 310 g/mol. The molecule has 0 aliphatic rings. The van der Waals surface area contributed by atoms with Crippen molar-refractivity contribution in [2.75, 3.05) is 6.61 Å². The van der Waals surface area contributed by atoms with E-state index in [1.807, 2.05) is 11.4 Å². The fourth-order valence-corrected chi connectivity index (χ4v) is 3.64. The molecule has 2 aromatic rings. The van der Waals surface area contributed by atoms with Crippen LogP contribution in [-0.2, 0) is 23.6 Å². The highest BCUT2D eigenvalue weighted by Gasteiger charge is 2.18. The average molecular weight is 325 g/mol. The molecule has 0 saturated carbocycles. The molecule has 0 spiro atoms. The first-order valence-corrected chi connectivity index (χ1v) is 8.54. The Morgan fingerprint density at radius 3 is 2.95 bits per heavy atom. The third kappa shape index (κ3) is 3.92. The fourth-order valence-electron chi connectivity index (χ4n) is 1.66. The van der Waals surface area contributed by atoms with Gasteiger partial charge in [-0.05, 0) is 17.5 Å². The van der Waals surface area contributed by atoms with Gasteiger partial charge >= 0.3 is 0 Å². The number of aliphatic hydroxyl groups excluding tert-OH is 1. The number of rotatable bonds is 5. The molecule has 21 heavy (non-hydrogen) atoms. The van der Waals surface area contributed by atoms with Crippen molar-refractivity contribution < 1.29 is 13.5 Å². The van der Waals surface area contributed by atoms with Crippen LogP contribution in [-0.4, -0.2) is 29.9 Å². The van der Waals surface area contributed by atoms with Crippen LogP contribution in [0.3, 0.4) is 0 Å². The number of aromatic nitrogens is 2. The number of sulfonamides is 1. The average Bonchev–Trinajstić information content (AvgIpc) is 3.06. The Balaban J connectivity index is 2.09. The maximum Gasteiger partial charge on any atom is 0.258 e. The number of thiophene rings is 1. The van der Waals surface area contributed by atoms with Gasteiger partial charge in [-0.15, -0.1) is 11.3 Å². The predicted octanol–water partition coefficient (Wildman–Crippen LogP) is 0.694. The van der Waals surface area contributed by atoms with Crippen LogP contribution >= 0.6 is 11.3 Å². The summed E-state index contributed by atoms with van der Waals surface area (Å²) in [4.78, 5) is 0.839. The van der Waals surface area contributed by atoms with E-state index in [1.165, 1.54) is 28.3 Å². The Hall–Kier alpha value is -1.66. The molecule has 0 radical (unpaired) electrons. The summed E-state index contributed by atoms with van der Waals surface area (Å²) < 4.78 is 28.1. The molecule has 8 heteroatoms. The van der Waals surface area contributed by atoms with Gasteiger partial charge < -0.3 is 5.11 Å². The largest absolute Gasteiger partial charge is 0.395 e. The summed E-state index contributed by atoms with van der Waals surface area (Å²) in [6.45, 7) is 0.188. The standard InChI is InChI=1S/C13H15N3O3S2/c1-16-13(5-7-14-16)21(18,19)15-10-12-11(6-9-20-12)4-2-3-8-17/h5-7,9,15,17H,3,8,10H2,1H3. The number of nitrogens with zero attached hydrogens (tertiary/aromatic N) is 2. The van der Waals surface area contributed by atoms with Gasteiger partial charge in [0.2, 0.25) is 0 Å². The molecule has 0 fully saturated rings. The third-order valence-electron chi connectivity index (χ3n) is 2.68. The van der Waals surface area contributed by atoms with Crippen molar-refractivity contribution in [1.82, 2.24) is 14.5 Å². The first-order valence-electron chi connectivity index (χ1n) is 6.18. The number of aliphatic hydroxyl groups is 1. The number of hydrogen-bond donors (Lipinski definition) is 2. The second-order valence-electron chi connectivity index (χ2n) is 4.15. The van der Waals surface area contributed by atoms with E-state index < -0.39 is 10.0 Å². The zero-order chi connectivity index (χ0) is 15.3. The number of nitrogens with one attached hydrogen (secondary N) is 1. The molecule has 6 nitrogen and oxygen atoms in total. The van der Waals surface area contributed by atoms with Gasteiger partial charge in [-0.25, -0.2) is 13.1 Å². The molecule has 0 aliphatic heterocycles. The van der Waals surface area contributed by atoms with E-state index in [-0.39, 0.29) is 18.2 Å². The van der Waals surface area contributed by atoms with E-state index >= 15 is 0 Å². The van der Waals surface area contributed by atoms with Crippen LogP contribution in [0.25, 0.3) is 0 Å². The lowest BCUT2D eigenvalue weighted by Crippen LogP contribution is -2.25. The molecule has 112 valence electrons. The molecule has 0 aliphatic carbocycles. The summed E-state index contributed by atoms with van der Waals surface area (Å²) >= 11 is 1.44. The van der Waals surface area contributed by atoms with E-state index in [9.17, 15) is 8.42 Å². The molecule has 2 aromatic heterocycles. The van der Waals surface area contributed by atoms with Gasteiger partial charge in [-0.1, -0.05) is 11.8 Å². The third-order valence-corrected chi connectivity index (χ3v) is 5.08. The zero-order valence-corrected chi connectivity index (χ0v) is 13.0. The van der Waals surface area contributed by atoms with Gasteiger partial charge in [0.15, 0.2) is 5.03 Å². The summed E-state index contributed by atoms with van der Waals surface area (Å²) in [6, 6.07) is 3.28. The monoisotopic (exact) mass is 325 g/mol. The first-order chi connectivity index (χ1) is 10.0. The van der Waals surface area contributed by atoms with Gasteiger partial charge in [0.05, 0.1) is 12.8 Å². The highest BCUT2D eigenvalue weighted by Crippen LogP contribution is 2.17. The van der Waals surface area contributed by atoms with Crippen molar-refractivity contribution in [2.45, 2.75) is 18.0 Å². The molecule has 0 atom stereocenters. The van der Waals surface area contributed by atoms with Gasteiger partial charge in [-0.3, -0.25) is 4.68 Å². The highest BCUT2D eigenvalue weighted by atomic mass is 32.2. The molecule has 2 N–H and O–H groups in total. The molecule has 2 rings (SSSR count). The molecular formula is C13H15N3O3S2. The zero-order valence-electron chi connectivity index (χ0n) is 11.4. The Morgan fingerprint density at radius 2 is 2.29 bits per heavy atom. The van der Waals surface area contributed by atoms with E-state index in [0.717, 1.165) is 10.4 Å². The van der Waals surface area contributed by atoms with Gasteiger partial charge in [0, 0.05) is 30.5 Å². The van der Waals surface area contributed by atoms with Crippen LogP contribution in [0.1, 0.15) is 16.9 Å². The second kappa shape index (κ2) is 6.87. The van der Waals surface area contributed by atoms with Crippen LogP contribution in [0.5, 0.6) is 0 Å². The van der Waals surface area contributed by atoms with Crippen molar-refractivity contribution in [3.8, 4) is 11.8 Å². The fraction of sp³-hybridized carbons (Fsp3) is 0.308. The summed E-state index contributed by atoms with van der Waals surface area (Å²) in [6.07, 6.45) is 1.83. The topological polar surface area (TPSA) is 84.2 Å². The van der Waals surface area contributed by atoms with E-state index in [4.69, 9.17) is 5.11 Å². The summed E-state index contributed by atoms with van der Waals surface area (Å²) in [7, 11) is -2.02. The quantitative estimate of drug-likeness (QED) is 0.793. The van der Waals surface area contributed by atoms with Crippen molar-refractivity contribution in [2.24, 2.45) is 7.05 Å². The Morgan fingerprint density at radius 1 is 1.48 bits per heavy atom. The van der Waals surface area contributed by atoms with E-state index in [0.29, 0.717) is 6.42 Å². The van der Waals surface area contributed by atoms with Crippen LogP contribution in [0, 0.1) is 11.8 Å². The Kier molecular flexibility index (Phi) is 5.14. The summed E-state index contributed by atoms with van der Waals surface area (Å²) in [5.41, 5.74) is 0.779. The lowest BCUT2D eigenvalue weighted by Gasteiger charge is -2.06. The lowest BCUT2D eigenvalue weighted by atomic mass is 10.2. The van der Waals surface area contributed by atoms with Crippen molar-refractivity contribution in [1.29, 1.82) is 0 Å². The highest BCUT2D eigenvalue weighted by molar-refractivity contribution is 7.89. The van der Waals surface area contributed by atoms with Crippen LogP contribution in [0.2, 0.25) is 0 Å². The van der Waals surface area contributed by atoms with Crippen LogP contribution in [0.4, 0.5) is 0 Å². The smallest absolute Gasteiger partial charge is 0.258 e. The summed E-state index contributed by atoms with van der Waals surface area (Å²) in [5.74, 6) is 5.75. The normalized spacial score (nSPS) is 11.1. The summed E-state index contributed by atoms with van der Waals surface area (Å²) in [5, 5.41) is 14.5. The maximum atomic E-state index is 12.1. The van der Waals surface area contributed by atoms with Crippen LogP contribution in [0.15, 0.2) is 28.7 Å². The molecule has 0 unspecified atom stereocenters. The Bertz CT molecular complexity index is 766. The van der Waals surface area contributed by atoms with Gasteiger partial charge in [0.1, 0.15) is 0 Å². The van der Waals surface area contributed by atoms with E-state index in [2.05, 4.69) is 21.7 Å². The van der Waals surface area contributed by atoms with Gasteiger partial charge in [-0.2, -0.15) is 5.10 Å². The van der Waals surface area contributed by atoms with E-state index in [1.54, 1.807) is 7.05 Å². The van der Waals surface area contributed by atoms with Crippen molar-refractivity contribution in [3.05, 3.63) is 34.2 Å². The molecule has 0 aromatic carbocycles. The maximum absolute atomic E-state index is 12.1. The molecule has 2 heterocycles. The second-order valence-corrected chi connectivity index (χ2v) is 6.86. The lowest BCUT2D eigenvalue weighted by molar-refractivity contribution is 0.305. The molecule has 0 bridgehead atoms. The number of aryl methyl sites for hydroxylation is 1. The number of hydrogen-bond acceptors (Lipinski definition) is 5. The van der Waals surface area contributed by atoms with Gasteiger partial charge in [0.25, 0.3) is 10.0 Å². The predicted molar refractivity (Wildman–Crippen MR) is 80.1 cm³/mol. The molecule has 0 amide bonds. The molecule has 0 saturated heterocycles. The van der Waals surface area contributed by atoms with Crippen molar-refractivity contribution in [3.63, 3.8) is 0 Å². The van der Waals surface area contributed by atoms with Crippen molar-refractivity contribution >= 4 is 21.4 Å². The minimum Gasteiger partial charge on any atom is -0.395 e. The SMILES string of the molecule is Cn1nccc1S(=O)(=O)NCc1sccc1C#CCCO. The Labute approximate surface area is 127 Å². The van der Waals surface area contributed by atoms with Crippen LogP contribution < -0.4 is 4.72 Å².